The van der Waals surface area contributed by atoms with Crippen LogP contribution in [0.2, 0.25) is 4.20 Å². The Labute approximate surface area is 76.3 Å². The van der Waals surface area contributed by atoms with E-state index in [4.69, 9.17) is 0 Å². The molecule has 0 aromatic rings. The van der Waals surface area contributed by atoms with Crippen molar-refractivity contribution in [3.05, 3.63) is 0 Å². The fourth-order valence-corrected chi connectivity index (χ4v) is 8.09. The van der Waals surface area contributed by atoms with Crippen molar-refractivity contribution in [1.82, 2.24) is 7.63 Å². The summed E-state index contributed by atoms with van der Waals surface area (Å²) in [5, 5.41) is 0. The van der Waals surface area contributed by atoms with Crippen LogP contribution in [0.3, 0.4) is 0 Å². The van der Waals surface area contributed by atoms with Crippen molar-refractivity contribution in [1.29, 1.82) is 0 Å². The molecule has 0 aliphatic carbocycles. The molecule has 0 atom stereocenters. The Morgan fingerprint density at radius 3 is 1.09 bits per heavy atom. The van der Waals surface area contributed by atoms with Gasteiger partial charge < -0.3 is 0 Å². The van der Waals surface area contributed by atoms with E-state index in [-0.39, 0.29) is 0 Å². The number of nitrogens with zero attached hydrogens (tertiary/aromatic N) is 2. The molecular formula is C8H21AsN2. The zero-order valence-electron chi connectivity index (χ0n) is 8.84. The van der Waals surface area contributed by atoms with Gasteiger partial charge in [0, 0.05) is 0 Å². The molecule has 0 saturated heterocycles. The van der Waals surface area contributed by atoms with Crippen molar-refractivity contribution in [2.24, 2.45) is 0 Å². The molecule has 0 spiro atoms. The van der Waals surface area contributed by atoms with Crippen LogP contribution in [-0.4, -0.2) is 50.9 Å². The first-order valence-corrected chi connectivity index (χ1v) is 6.53. The monoisotopic (exact) mass is 220 g/mol. The summed E-state index contributed by atoms with van der Waals surface area (Å²) in [4.78, 5) is 0. The Morgan fingerprint density at radius 2 is 1.09 bits per heavy atom. The molecular weight excluding hydrogens is 199 g/mol. The summed E-state index contributed by atoms with van der Waals surface area (Å²) in [7, 11) is 8.74. The molecule has 11 heavy (non-hydrogen) atoms. The summed E-state index contributed by atoms with van der Waals surface area (Å²) in [5.74, 6) is 0. The molecule has 0 aromatic heterocycles. The third kappa shape index (κ3) is 3.59. The zero-order chi connectivity index (χ0) is 9.23. The normalized spacial score (nSPS) is 13.6. The van der Waals surface area contributed by atoms with E-state index < -0.39 is 15.1 Å². The first-order valence-electron chi connectivity index (χ1n) is 3.91. The molecule has 0 unspecified atom stereocenters. The maximum atomic E-state index is 2.40. The molecule has 0 fully saturated rings. The molecule has 0 aliphatic rings. The third-order valence-corrected chi connectivity index (χ3v) is 7.06. The molecule has 0 saturated carbocycles. The average Bonchev–Trinajstić information content (AvgIpc) is 1.54. The minimum atomic E-state index is -0.972. The van der Waals surface area contributed by atoms with Crippen LogP contribution in [0.25, 0.3) is 0 Å². The molecule has 0 aliphatic heterocycles. The van der Waals surface area contributed by atoms with Gasteiger partial charge in [0.2, 0.25) is 0 Å². The van der Waals surface area contributed by atoms with Gasteiger partial charge >= 0.3 is 75.9 Å². The fourth-order valence-electron chi connectivity index (χ4n) is 1.56. The Hall–Kier alpha value is 0.478. The molecule has 2 nitrogen and oxygen atoms in total. The number of hydrogen-bond donors (Lipinski definition) is 0. The van der Waals surface area contributed by atoms with Crippen LogP contribution in [0.15, 0.2) is 0 Å². The third-order valence-electron chi connectivity index (χ3n) is 1.36. The van der Waals surface area contributed by atoms with Gasteiger partial charge in [-0.1, -0.05) is 0 Å². The maximum absolute atomic E-state index is 2.40. The summed E-state index contributed by atoms with van der Waals surface area (Å²) >= 11 is -0.972. The second-order valence-electron chi connectivity index (χ2n) is 4.15. The van der Waals surface area contributed by atoms with E-state index in [1.54, 1.807) is 0 Å². The van der Waals surface area contributed by atoms with Crippen LogP contribution < -0.4 is 0 Å². The fraction of sp³-hybridized carbons (Fsp3) is 1.00. The van der Waals surface area contributed by atoms with Crippen LogP contribution >= 0.6 is 0 Å². The molecule has 3 heteroatoms. The first-order chi connectivity index (χ1) is 4.76. The van der Waals surface area contributed by atoms with Crippen molar-refractivity contribution in [3.63, 3.8) is 0 Å². The molecule has 0 heterocycles. The average molecular weight is 220 g/mol. The predicted octanol–water partition coefficient (Wildman–Crippen LogP) is 1.40. The summed E-state index contributed by atoms with van der Waals surface area (Å²) in [6.45, 7) is 6.98. The van der Waals surface area contributed by atoms with E-state index in [0.717, 1.165) is 0 Å². The summed E-state index contributed by atoms with van der Waals surface area (Å²) in [6, 6.07) is 0. The van der Waals surface area contributed by atoms with Crippen molar-refractivity contribution < 1.29 is 0 Å². The van der Waals surface area contributed by atoms with E-state index >= 15 is 0 Å². The first kappa shape index (κ1) is 11.5. The van der Waals surface area contributed by atoms with Gasteiger partial charge in [0.1, 0.15) is 0 Å². The molecule has 0 bridgehead atoms. The number of rotatable bonds is 2. The van der Waals surface area contributed by atoms with Gasteiger partial charge in [-0.15, -0.1) is 0 Å². The van der Waals surface area contributed by atoms with Gasteiger partial charge in [-0.2, -0.15) is 0 Å². The Bertz CT molecular complexity index is 108. The van der Waals surface area contributed by atoms with Crippen molar-refractivity contribution in [2.75, 3.05) is 28.2 Å². The van der Waals surface area contributed by atoms with E-state index in [2.05, 4.69) is 56.6 Å². The van der Waals surface area contributed by atoms with E-state index in [0.29, 0.717) is 4.20 Å². The van der Waals surface area contributed by atoms with Crippen molar-refractivity contribution in [3.8, 4) is 0 Å². The van der Waals surface area contributed by atoms with E-state index in [1.807, 2.05) is 0 Å². The van der Waals surface area contributed by atoms with Gasteiger partial charge in [0.15, 0.2) is 0 Å². The van der Waals surface area contributed by atoms with Crippen LogP contribution in [0, 0.1) is 0 Å². The summed E-state index contributed by atoms with van der Waals surface area (Å²) in [5.41, 5.74) is 0. The van der Waals surface area contributed by atoms with Gasteiger partial charge in [-0.25, -0.2) is 0 Å². The van der Waals surface area contributed by atoms with Crippen LogP contribution in [0.5, 0.6) is 0 Å². The SMILES string of the molecule is CN(C)[As](N(C)C)C(C)(C)C. The molecule has 0 rings (SSSR count). The Balaban J connectivity index is 4.35. The summed E-state index contributed by atoms with van der Waals surface area (Å²) in [6.07, 6.45) is 0. The van der Waals surface area contributed by atoms with Crippen molar-refractivity contribution in [2.45, 2.75) is 25.0 Å². The van der Waals surface area contributed by atoms with Crippen LogP contribution in [0.4, 0.5) is 0 Å². The molecule has 0 radical (unpaired) electrons. The van der Waals surface area contributed by atoms with Gasteiger partial charge in [-0.3, -0.25) is 0 Å². The molecule has 0 amide bonds. The van der Waals surface area contributed by atoms with Crippen LogP contribution in [0.1, 0.15) is 20.8 Å². The van der Waals surface area contributed by atoms with Crippen LogP contribution in [-0.2, 0) is 0 Å². The molecule has 0 aromatic carbocycles. The Kier molecular flexibility index (Phi) is 4.10. The van der Waals surface area contributed by atoms with Crippen molar-refractivity contribution >= 4 is 15.1 Å². The van der Waals surface area contributed by atoms with Gasteiger partial charge in [0.25, 0.3) is 0 Å². The summed E-state index contributed by atoms with van der Waals surface area (Å²) < 4.78 is 5.25. The molecule has 68 valence electrons. The predicted molar refractivity (Wildman–Crippen MR) is 52.8 cm³/mol. The standard InChI is InChI=1S/C8H21AsN2/c1-8(2,3)9(10(4)5)11(6)7/h1-7H3. The van der Waals surface area contributed by atoms with Gasteiger partial charge in [0.05, 0.1) is 0 Å². The Morgan fingerprint density at radius 1 is 0.818 bits per heavy atom. The quantitative estimate of drug-likeness (QED) is 0.649. The minimum absolute atomic E-state index is 0.458. The number of hydrogen-bond acceptors (Lipinski definition) is 2. The van der Waals surface area contributed by atoms with E-state index in [1.165, 1.54) is 0 Å². The molecule has 0 N–H and O–H groups in total. The van der Waals surface area contributed by atoms with Gasteiger partial charge in [-0.05, 0) is 0 Å². The topological polar surface area (TPSA) is 6.48 Å². The zero-order valence-corrected chi connectivity index (χ0v) is 10.7. The second kappa shape index (κ2) is 3.93. The second-order valence-corrected chi connectivity index (χ2v) is 11.5. The van der Waals surface area contributed by atoms with E-state index in [9.17, 15) is 0 Å².